The normalized spacial score (nSPS) is 10.0. The van der Waals surface area contributed by atoms with Crippen LogP contribution in [0.2, 0.25) is 0 Å². The molecule has 1 aromatic carbocycles. The molecule has 102 valence electrons. The zero-order valence-electron chi connectivity index (χ0n) is 9.65. The molecule has 0 spiro atoms. The van der Waals surface area contributed by atoms with Crippen LogP contribution >= 0.6 is 0 Å². The van der Waals surface area contributed by atoms with Gasteiger partial charge in [0.2, 0.25) is 5.75 Å². The van der Waals surface area contributed by atoms with Crippen molar-refractivity contribution in [1.29, 1.82) is 0 Å². The molecule has 1 N–H and O–H groups in total. The van der Waals surface area contributed by atoms with Crippen molar-refractivity contribution in [2.24, 2.45) is 0 Å². The lowest BCUT2D eigenvalue weighted by Gasteiger charge is -2.07. The van der Waals surface area contributed by atoms with Crippen LogP contribution in [0.1, 0.15) is 5.56 Å². The van der Waals surface area contributed by atoms with Crippen LogP contribution in [0.15, 0.2) is 0 Å². The Morgan fingerprint density at radius 3 is 1.68 bits per heavy atom. The Hall–Kier alpha value is -2.98. The number of hydrogen-bond acceptors (Lipinski definition) is 8. The fourth-order valence-electron chi connectivity index (χ4n) is 1.60. The molecule has 1 rings (SSSR count). The molecule has 0 saturated carbocycles. The Balaban J connectivity index is 3.98. The van der Waals surface area contributed by atoms with Crippen molar-refractivity contribution in [1.82, 2.24) is 0 Å². The molecular formula is C8H7N3O8. The number of phenols is 1. The topological polar surface area (TPSA) is 159 Å². The van der Waals surface area contributed by atoms with Crippen molar-refractivity contribution >= 4 is 17.1 Å². The molecular weight excluding hydrogens is 266 g/mol. The molecule has 0 bridgehead atoms. The highest BCUT2D eigenvalue weighted by Crippen LogP contribution is 2.51. The Kier molecular flexibility index (Phi) is 3.50. The minimum absolute atomic E-state index is 0.573. The number of ether oxygens (including phenoxy) is 1. The lowest BCUT2D eigenvalue weighted by Crippen LogP contribution is -2.05. The van der Waals surface area contributed by atoms with E-state index < -0.39 is 48.9 Å². The van der Waals surface area contributed by atoms with Gasteiger partial charge in [0.05, 0.1) is 21.9 Å². The Bertz CT molecular complexity index is 596. The quantitative estimate of drug-likeness (QED) is 0.636. The van der Waals surface area contributed by atoms with E-state index in [-0.39, 0.29) is 0 Å². The van der Waals surface area contributed by atoms with Crippen molar-refractivity contribution < 1.29 is 24.6 Å². The van der Waals surface area contributed by atoms with Crippen molar-refractivity contribution in [2.75, 3.05) is 7.11 Å². The highest BCUT2D eigenvalue weighted by Gasteiger charge is 2.42. The molecule has 11 heteroatoms. The van der Waals surface area contributed by atoms with Crippen molar-refractivity contribution in [2.45, 2.75) is 6.92 Å². The summed E-state index contributed by atoms with van der Waals surface area (Å²) in [6.45, 7) is 0.964. The summed E-state index contributed by atoms with van der Waals surface area (Å²) in [5.41, 5.74) is -3.85. The standard InChI is InChI=1S/C8H7N3O8/c1-3-4(9(13)14)6(11(17)18)7(12)8(19-2)5(3)10(15)16/h12H,1-2H3. The van der Waals surface area contributed by atoms with E-state index in [1.165, 1.54) is 0 Å². The number of nitro benzene ring substituents is 3. The second kappa shape index (κ2) is 4.72. The molecule has 0 atom stereocenters. The highest BCUT2D eigenvalue weighted by molar-refractivity contribution is 5.78. The summed E-state index contributed by atoms with van der Waals surface area (Å²) in [7, 11) is 0.942. The van der Waals surface area contributed by atoms with Gasteiger partial charge in [0.15, 0.2) is 0 Å². The molecule has 0 amide bonds. The van der Waals surface area contributed by atoms with E-state index >= 15 is 0 Å². The fourth-order valence-corrected chi connectivity index (χ4v) is 1.60. The molecule has 11 nitrogen and oxygen atoms in total. The van der Waals surface area contributed by atoms with E-state index in [9.17, 15) is 35.4 Å². The molecule has 0 aliphatic heterocycles. The van der Waals surface area contributed by atoms with Crippen LogP contribution in [-0.4, -0.2) is 27.0 Å². The second-order valence-corrected chi connectivity index (χ2v) is 3.32. The van der Waals surface area contributed by atoms with Crippen LogP contribution in [0.25, 0.3) is 0 Å². The summed E-state index contributed by atoms with van der Waals surface area (Å²) < 4.78 is 4.53. The van der Waals surface area contributed by atoms with Crippen molar-refractivity contribution in [3.63, 3.8) is 0 Å². The van der Waals surface area contributed by atoms with Gasteiger partial charge in [-0.2, -0.15) is 0 Å². The zero-order chi connectivity index (χ0) is 14.9. The van der Waals surface area contributed by atoms with E-state index in [1.807, 2.05) is 0 Å². The summed E-state index contributed by atoms with van der Waals surface area (Å²) in [6, 6.07) is 0. The molecule has 0 unspecified atom stereocenters. The van der Waals surface area contributed by atoms with Gasteiger partial charge in [-0.15, -0.1) is 0 Å². The summed E-state index contributed by atoms with van der Waals surface area (Å²) in [5, 5.41) is 42.0. The van der Waals surface area contributed by atoms with Gasteiger partial charge in [0.1, 0.15) is 5.56 Å². The number of nitro groups is 3. The van der Waals surface area contributed by atoms with Gasteiger partial charge in [0.25, 0.3) is 5.75 Å². The smallest absolute Gasteiger partial charge is 0.391 e. The molecule has 0 saturated heterocycles. The minimum Gasteiger partial charge on any atom is -0.499 e. The Morgan fingerprint density at radius 1 is 0.947 bits per heavy atom. The molecule has 0 fully saturated rings. The van der Waals surface area contributed by atoms with Crippen molar-refractivity contribution in [3.8, 4) is 11.5 Å². The maximum Gasteiger partial charge on any atom is 0.391 e. The number of rotatable bonds is 4. The number of hydrogen-bond donors (Lipinski definition) is 1. The number of aromatic hydroxyl groups is 1. The van der Waals surface area contributed by atoms with Gasteiger partial charge < -0.3 is 9.84 Å². The van der Waals surface area contributed by atoms with E-state index in [4.69, 9.17) is 0 Å². The minimum atomic E-state index is -1.25. The third-order valence-corrected chi connectivity index (χ3v) is 2.34. The summed E-state index contributed by atoms with van der Waals surface area (Å²) in [5.74, 6) is -2.05. The van der Waals surface area contributed by atoms with Gasteiger partial charge in [-0.3, -0.25) is 30.3 Å². The number of methoxy groups -OCH3 is 1. The average Bonchev–Trinajstić information content (AvgIpc) is 2.28. The van der Waals surface area contributed by atoms with Gasteiger partial charge in [-0.1, -0.05) is 0 Å². The summed E-state index contributed by atoms with van der Waals surface area (Å²) in [4.78, 5) is 29.0. The van der Waals surface area contributed by atoms with Crippen LogP contribution < -0.4 is 4.74 Å². The van der Waals surface area contributed by atoms with E-state index in [2.05, 4.69) is 4.74 Å². The number of phenolic OH excluding ortho intramolecular Hbond substituents is 1. The first-order chi connectivity index (χ1) is 8.73. The molecule has 1 aromatic rings. The monoisotopic (exact) mass is 273 g/mol. The molecule has 0 heterocycles. The van der Waals surface area contributed by atoms with Gasteiger partial charge >= 0.3 is 17.1 Å². The summed E-state index contributed by atoms with van der Waals surface area (Å²) >= 11 is 0. The van der Waals surface area contributed by atoms with Gasteiger partial charge in [-0.25, -0.2) is 0 Å². The summed E-state index contributed by atoms with van der Waals surface area (Å²) in [6.07, 6.45) is 0. The molecule has 0 radical (unpaired) electrons. The van der Waals surface area contributed by atoms with Crippen molar-refractivity contribution in [3.05, 3.63) is 35.9 Å². The Labute approximate surface area is 104 Å². The van der Waals surface area contributed by atoms with Gasteiger partial charge in [0, 0.05) is 0 Å². The molecule has 0 aliphatic carbocycles. The third-order valence-electron chi connectivity index (χ3n) is 2.34. The van der Waals surface area contributed by atoms with Gasteiger partial charge in [-0.05, 0) is 6.92 Å². The predicted octanol–water partition coefficient (Wildman–Crippen LogP) is 1.43. The van der Waals surface area contributed by atoms with E-state index in [0.29, 0.717) is 0 Å². The number of nitrogens with zero attached hydrogens (tertiary/aromatic N) is 3. The lowest BCUT2D eigenvalue weighted by molar-refractivity contribution is -0.425. The van der Waals surface area contributed by atoms with E-state index in [0.717, 1.165) is 14.0 Å². The fraction of sp³-hybridized carbons (Fsp3) is 0.250. The molecule has 0 aromatic heterocycles. The zero-order valence-corrected chi connectivity index (χ0v) is 9.65. The average molecular weight is 273 g/mol. The molecule has 19 heavy (non-hydrogen) atoms. The highest BCUT2D eigenvalue weighted by atomic mass is 16.6. The van der Waals surface area contributed by atoms with E-state index in [1.54, 1.807) is 0 Å². The van der Waals surface area contributed by atoms with Crippen LogP contribution in [0.4, 0.5) is 17.1 Å². The van der Waals surface area contributed by atoms with Crippen LogP contribution in [-0.2, 0) is 0 Å². The SMILES string of the molecule is COc1c(O)c([N+](=O)[O-])c([N+](=O)[O-])c(C)c1[N+](=O)[O-]. The van der Waals surface area contributed by atoms with Crippen LogP contribution in [0.5, 0.6) is 11.5 Å². The second-order valence-electron chi connectivity index (χ2n) is 3.32. The third kappa shape index (κ3) is 2.08. The maximum absolute atomic E-state index is 10.8. The molecule has 0 aliphatic rings. The predicted molar refractivity (Wildman–Crippen MR) is 59.4 cm³/mol. The lowest BCUT2D eigenvalue weighted by atomic mass is 10.1. The van der Waals surface area contributed by atoms with Crippen LogP contribution in [0.3, 0.4) is 0 Å². The number of benzene rings is 1. The first-order valence-electron chi connectivity index (χ1n) is 4.60. The maximum atomic E-state index is 10.8. The first kappa shape index (κ1) is 14.1. The Morgan fingerprint density at radius 2 is 1.37 bits per heavy atom. The van der Waals surface area contributed by atoms with Crippen LogP contribution in [0, 0.1) is 37.3 Å². The largest absolute Gasteiger partial charge is 0.499 e. The first-order valence-corrected chi connectivity index (χ1v) is 4.60.